The number of rotatable bonds is 3. The van der Waals surface area contributed by atoms with E-state index in [-0.39, 0.29) is 17.7 Å². The average Bonchev–Trinajstić information content (AvgIpc) is 2.86. The van der Waals surface area contributed by atoms with Gasteiger partial charge in [0.25, 0.3) is 5.91 Å². The zero-order valence-corrected chi connectivity index (χ0v) is 10.5. The van der Waals surface area contributed by atoms with Gasteiger partial charge in [0.1, 0.15) is 5.76 Å². The van der Waals surface area contributed by atoms with Crippen LogP contribution in [-0.2, 0) is 11.2 Å². The summed E-state index contributed by atoms with van der Waals surface area (Å²) in [5.74, 6) is 0.420. The standard InChI is InChI=1S/C13H18N2O3/c1-2-10-5-6-11(18-10)13(17)15-7-3-4-9(8-15)12(14)16/h5-6,9H,2-4,7-8H2,1H3,(H2,14,16)/t9-/m0/s1. The van der Waals surface area contributed by atoms with Gasteiger partial charge in [-0.2, -0.15) is 0 Å². The van der Waals surface area contributed by atoms with Gasteiger partial charge in [0.05, 0.1) is 5.92 Å². The maximum atomic E-state index is 12.2. The number of aryl methyl sites for hydroxylation is 1. The minimum absolute atomic E-state index is 0.152. The van der Waals surface area contributed by atoms with Crippen LogP contribution in [0.25, 0.3) is 0 Å². The number of hydrogen-bond acceptors (Lipinski definition) is 3. The fourth-order valence-electron chi connectivity index (χ4n) is 2.23. The molecule has 18 heavy (non-hydrogen) atoms. The number of primary amides is 1. The molecule has 2 heterocycles. The van der Waals surface area contributed by atoms with Crippen LogP contribution >= 0.6 is 0 Å². The van der Waals surface area contributed by atoms with Crippen LogP contribution in [-0.4, -0.2) is 29.8 Å². The lowest BCUT2D eigenvalue weighted by molar-refractivity contribution is -0.123. The van der Waals surface area contributed by atoms with Gasteiger partial charge in [-0.1, -0.05) is 6.92 Å². The Labute approximate surface area is 106 Å². The fraction of sp³-hybridized carbons (Fsp3) is 0.538. The van der Waals surface area contributed by atoms with E-state index >= 15 is 0 Å². The van der Waals surface area contributed by atoms with Crippen molar-refractivity contribution < 1.29 is 14.0 Å². The fourth-order valence-corrected chi connectivity index (χ4v) is 2.23. The molecule has 0 saturated carbocycles. The first-order valence-electron chi connectivity index (χ1n) is 6.29. The molecule has 0 aliphatic carbocycles. The zero-order chi connectivity index (χ0) is 13.1. The van der Waals surface area contributed by atoms with Crippen molar-refractivity contribution in [2.24, 2.45) is 11.7 Å². The van der Waals surface area contributed by atoms with Crippen molar-refractivity contribution in [1.82, 2.24) is 4.90 Å². The molecule has 1 aliphatic rings. The van der Waals surface area contributed by atoms with Gasteiger partial charge in [-0.15, -0.1) is 0 Å². The molecule has 1 aliphatic heterocycles. The number of likely N-dealkylation sites (tertiary alicyclic amines) is 1. The summed E-state index contributed by atoms with van der Waals surface area (Å²) in [5.41, 5.74) is 5.29. The molecule has 1 fully saturated rings. The van der Waals surface area contributed by atoms with E-state index in [0.29, 0.717) is 18.8 Å². The van der Waals surface area contributed by atoms with Crippen LogP contribution in [0.15, 0.2) is 16.5 Å². The van der Waals surface area contributed by atoms with Crippen LogP contribution < -0.4 is 5.73 Å². The van der Waals surface area contributed by atoms with E-state index in [1.165, 1.54) is 0 Å². The SMILES string of the molecule is CCc1ccc(C(=O)N2CCC[C@H](C(N)=O)C2)o1. The molecule has 5 heteroatoms. The number of hydrogen-bond donors (Lipinski definition) is 1. The molecule has 0 bridgehead atoms. The van der Waals surface area contributed by atoms with Crippen molar-refractivity contribution in [3.63, 3.8) is 0 Å². The molecule has 0 spiro atoms. The minimum Gasteiger partial charge on any atom is -0.456 e. The van der Waals surface area contributed by atoms with Gasteiger partial charge in [0, 0.05) is 19.5 Å². The summed E-state index contributed by atoms with van der Waals surface area (Å²) >= 11 is 0. The topological polar surface area (TPSA) is 76.5 Å². The van der Waals surface area contributed by atoms with E-state index in [0.717, 1.165) is 25.0 Å². The van der Waals surface area contributed by atoms with Crippen molar-refractivity contribution in [3.8, 4) is 0 Å². The monoisotopic (exact) mass is 250 g/mol. The first kappa shape index (κ1) is 12.7. The first-order chi connectivity index (χ1) is 8.61. The van der Waals surface area contributed by atoms with E-state index in [1.54, 1.807) is 11.0 Å². The molecule has 2 rings (SSSR count). The maximum Gasteiger partial charge on any atom is 0.289 e. The number of furan rings is 1. The Bertz CT molecular complexity index is 453. The second-order valence-corrected chi connectivity index (χ2v) is 4.61. The van der Waals surface area contributed by atoms with E-state index in [2.05, 4.69) is 0 Å². The van der Waals surface area contributed by atoms with Crippen LogP contribution in [0.3, 0.4) is 0 Å². The Morgan fingerprint density at radius 2 is 2.28 bits per heavy atom. The molecule has 2 amide bonds. The molecule has 5 nitrogen and oxygen atoms in total. The third-order valence-corrected chi connectivity index (χ3v) is 3.33. The Hall–Kier alpha value is -1.78. The summed E-state index contributed by atoms with van der Waals surface area (Å²) in [6.07, 6.45) is 2.33. The first-order valence-corrected chi connectivity index (χ1v) is 6.29. The maximum absolute atomic E-state index is 12.2. The molecular formula is C13H18N2O3. The van der Waals surface area contributed by atoms with Crippen LogP contribution in [0, 0.1) is 5.92 Å². The number of nitrogens with zero attached hydrogens (tertiary/aromatic N) is 1. The predicted octanol–water partition coefficient (Wildman–Crippen LogP) is 1.18. The summed E-state index contributed by atoms with van der Waals surface area (Å²) in [4.78, 5) is 25.0. The van der Waals surface area contributed by atoms with Crippen LogP contribution in [0.4, 0.5) is 0 Å². The largest absolute Gasteiger partial charge is 0.456 e. The molecule has 1 aromatic rings. The van der Waals surface area contributed by atoms with Crippen molar-refractivity contribution in [2.45, 2.75) is 26.2 Å². The second-order valence-electron chi connectivity index (χ2n) is 4.61. The van der Waals surface area contributed by atoms with Gasteiger partial charge >= 0.3 is 0 Å². The molecule has 0 aromatic carbocycles. The lowest BCUT2D eigenvalue weighted by Crippen LogP contribution is -2.44. The minimum atomic E-state index is -0.332. The summed E-state index contributed by atoms with van der Waals surface area (Å²) < 4.78 is 5.44. The molecule has 1 atom stereocenters. The number of carbonyl (C=O) groups excluding carboxylic acids is 2. The van der Waals surface area contributed by atoms with Crippen LogP contribution in [0.1, 0.15) is 36.1 Å². The molecule has 98 valence electrons. The van der Waals surface area contributed by atoms with Crippen molar-refractivity contribution in [3.05, 3.63) is 23.7 Å². The summed E-state index contributed by atoms with van der Waals surface area (Å²) in [7, 11) is 0. The van der Waals surface area contributed by atoms with Crippen molar-refractivity contribution in [2.75, 3.05) is 13.1 Å². The smallest absolute Gasteiger partial charge is 0.289 e. The van der Waals surface area contributed by atoms with E-state index < -0.39 is 0 Å². The van der Waals surface area contributed by atoms with Crippen LogP contribution in [0.5, 0.6) is 0 Å². The lowest BCUT2D eigenvalue weighted by Gasteiger charge is -2.30. The zero-order valence-electron chi connectivity index (χ0n) is 10.5. The highest BCUT2D eigenvalue weighted by molar-refractivity contribution is 5.92. The van der Waals surface area contributed by atoms with Crippen molar-refractivity contribution >= 4 is 11.8 Å². The Balaban J connectivity index is 2.06. The molecule has 2 N–H and O–H groups in total. The molecule has 1 saturated heterocycles. The molecule has 1 aromatic heterocycles. The average molecular weight is 250 g/mol. The van der Waals surface area contributed by atoms with E-state index in [1.807, 2.05) is 13.0 Å². The highest BCUT2D eigenvalue weighted by atomic mass is 16.4. The number of piperidine rings is 1. The lowest BCUT2D eigenvalue weighted by atomic mass is 9.97. The quantitative estimate of drug-likeness (QED) is 0.875. The second kappa shape index (κ2) is 5.25. The molecule has 0 unspecified atom stereocenters. The molecule has 0 radical (unpaired) electrons. The summed E-state index contributed by atoms with van der Waals surface area (Å²) in [5, 5.41) is 0. The third kappa shape index (κ3) is 2.55. The summed E-state index contributed by atoms with van der Waals surface area (Å²) in [6, 6.07) is 3.50. The number of amides is 2. The normalized spacial score (nSPS) is 19.8. The Morgan fingerprint density at radius 1 is 1.50 bits per heavy atom. The highest BCUT2D eigenvalue weighted by Crippen LogP contribution is 2.19. The van der Waals surface area contributed by atoms with Gasteiger partial charge in [-0.05, 0) is 25.0 Å². The van der Waals surface area contributed by atoms with Gasteiger partial charge in [-0.3, -0.25) is 9.59 Å². The number of nitrogens with two attached hydrogens (primary N) is 1. The van der Waals surface area contributed by atoms with E-state index in [9.17, 15) is 9.59 Å². The molecular weight excluding hydrogens is 232 g/mol. The summed E-state index contributed by atoms with van der Waals surface area (Å²) in [6.45, 7) is 3.03. The van der Waals surface area contributed by atoms with Gasteiger partial charge in [0.2, 0.25) is 5.91 Å². The van der Waals surface area contributed by atoms with Gasteiger partial charge in [0.15, 0.2) is 5.76 Å². The van der Waals surface area contributed by atoms with E-state index in [4.69, 9.17) is 10.2 Å². The third-order valence-electron chi connectivity index (χ3n) is 3.33. The Kier molecular flexibility index (Phi) is 3.69. The highest BCUT2D eigenvalue weighted by Gasteiger charge is 2.28. The van der Waals surface area contributed by atoms with Gasteiger partial charge in [-0.25, -0.2) is 0 Å². The predicted molar refractivity (Wildman–Crippen MR) is 65.9 cm³/mol. The van der Waals surface area contributed by atoms with Crippen molar-refractivity contribution in [1.29, 1.82) is 0 Å². The number of carbonyl (C=O) groups is 2. The van der Waals surface area contributed by atoms with Crippen LogP contribution in [0.2, 0.25) is 0 Å². The van der Waals surface area contributed by atoms with Gasteiger partial charge < -0.3 is 15.1 Å². The Morgan fingerprint density at radius 3 is 2.89 bits per heavy atom.